The van der Waals surface area contributed by atoms with Crippen molar-refractivity contribution in [1.82, 2.24) is 10.2 Å². The van der Waals surface area contributed by atoms with Crippen molar-refractivity contribution in [3.63, 3.8) is 0 Å². The first-order valence-corrected chi connectivity index (χ1v) is 10.7. The van der Waals surface area contributed by atoms with Gasteiger partial charge in [0.1, 0.15) is 5.60 Å². The van der Waals surface area contributed by atoms with E-state index in [9.17, 15) is 9.59 Å². The van der Waals surface area contributed by atoms with Gasteiger partial charge in [0.2, 0.25) is 0 Å². The lowest BCUT2D eigenvalue weighted by Gasteiger charge is -2.23. The van der Waals surface area contributed by atoms with Gasteiger partial charge >= 0.3 is 6.09 Å². The van der Waals surface area contributed by atoms with E-state index in [0.29, 0.717) is 16.6 Å². The quantitative estimate of drug-likeness (QED) is 0.710. The number of amides is 2. The summed E-state index contributed by atoms with van der Waals surface area (Å²) >= 11 is 5.98. The zero-order valence-corrected chi connectivity index (χ0v) is 18.1. The number of likely N-dealkylation sites (tertiary alicyclic amines) is 1. The lowest BCUT2D eigenvalue weighted by atomic mass is 9.95. The van der Waals surface area contributed by atoms with E-state index < -0.39 is 0 Å². The maximum atomic E-state index is 11.9. The fourth-order valence-corrected chi connectivity index (χ4v) is 3.60. The Bertz CT molecular complexity index is 645. The van der Waals surface area contributed by atoms with Crippen molar-refractivity contribution in [2.24, 2.45) is 0 Å². The van der Waals surface area contributed by atoms with Crippen LogP contribution in [-0.2, 0) is 4.74 Å². The minimum atomic E-state index is -0.361. The van der Waals surface area contributed by atoms with Crippen molar-refractivity contribution in [2.75, 3.05) is 13.1 Å². The van der Waals surface area contributed by atoms with Crippen LogP contribution in [0, 0.1) is 0 Å². The van der Waals surface area contributed by atoms with Crippen LogP contribution in [-0.4, -0.2) is 41.6 Å². The van der Waals surface area contributed by atoms with Crippen LogP contribution in [0.3, 0.4) is 0 Å². The Kier molecular flexibility index (Phi) is 8.61. The maximum absolute atomic E-state index is 11.9. The van der Waals surface area contributed by atoms with E-state index in [0.717, 1.165) is 38.8 Å². The fourth-order valence-electron chi connectivity index (χ4n) is 3.38. The van der Waals surface area contributed by atoms with Gasteiger partial charge in [0.05, 0.1) is 10.6 Å². The summed E-state index contributed by atoms with van der Waals surface area (Å²) in [6, 6.07) is 7.51. The lowest BCUT2D eigenvalue weighted by molar-refractivity contribution is 0.0295. The fraction of sp³-hybridized carbons (Fsp3) is 0.636. The molecule has 28 heavy (non-hydrogen) atoms. The molecule has 2 fully saturated rings. The second-order valence-corrected chi connectivity index (χ2v) is 8.87. The van der Waals surface area contributed by atoms with Crippen LogP contribution in [0.5, 0.6) is 0 Å². The summed E-state index contributed by atoms with van der Waals surface area (Å²) in [6.07, 6.45) is 7.96. The van der Waals surface area contributed by atoms with Gasteiger partial charge in [0, 0.05) is 19.1 Å². The van der Waals surface area contributed by atoms with Gasteiger partial charge in [-0.05, 0) is 58.6 Å². The molecular weight excluding hydrogens is 376 g/mol. The Hall–Kier alpha value is -1.75. The molecule has 3 rings (SSSR count). The average molecular weight is 409 g/mol. The summed E-state index contributed by atoms with van der Waals surface area (Å²) in [5, 5.41) is 3.58. The molecule has 156 valence electrons. The highest BCUT2D eigenvalue weighted by molar-refractivity contribution is 6.33. The highest BCUT2D eigenvalue weighted by atomic mass is 35.5. The highest BCUT2D eigenvalue weighted by Crippen LogP contribution is 2.20. The predicted molar refractivity (Wildman–Crippen MR) is 113 cm³/mol. The molecular formula is C22H33ClN2O3. The molecule has 1 heterocycles. The molecule has 0 unspecified atom stereocenters. The monoisotopic (exact) mass is 408 g/mol. The van der Waals surface area contributed by atoms with Crippen LogP contribution in [0.15, 0.2) is 24.3 Å². The number of benzene rings is 1. The van der Waals surface area contributed by atoms with E-state index >= 15 is 0 Å². The molecule has 0 aromatic heterocycles. The molecule has 1 saturated carbocycles. The number of ether oxygens (including phenoxy) is 1. The SMILES string of the molecule is CC(C)(C)OC(=O)N1CCCC1.O=C(NC1CCCCC1)c1ccccc1Cl. The summed E-state index contributed by atoms with van der Waals surface area (Å²) in [5.74, 6) is -0.0440. The van der Waals surface area contributed by atoms with Crippen LogP contribution in [0.1, 0.15) is 76.1 Å². The lowest BCUT2D eigenvalue weighted by Crippen LogP contribution is -2.36. The Morgan fingerprint density at radius 2 is 1.64 bits per heavy atom. The number of nitrogens with one attached hydrogen (secondary N) is 1. The number of halogens is 1. The first-order valence-electron chi connectivity index (χ1n) is 10.3. The van der Waals surface area contributed by atoms with Gasteiger partial charge in [-0.15, -0.1) is 0 Å². The molecule has 1 saturated heterocycles. The molecule has 1 aliphatic carbocycles. The molecule has 1 aliphatic heterocycles. The van der Waals surface area contributed by atoms with Gasteiger partial charge < -0.3 is 15.0 Å². The van der Waals surface area contributed by atoms with Gasteiger partial charge in [-0.1, -0.05) is 43.0 Å². The standard InChI is InChI=1S/C13H16ClNO.C9H17NO2/c14-12-9-5-4-8-11(12)13(16)15-10-6-2-1-3-7-10;1-9(2,3)12-8(11)10-6-4-5-7-10/h4-5,8-10H,1-3,6-7H2,(H,15,16);4-7H2,1-3H3. The molecule has 2 amide bonds. The zero-order valence-electron chi connectivity index (χ0n) is 17.3. The largest absolute Gasteiger partial charge is 0.444 e. The second-order valence-electron chi connectivity index (χ2n) is 8.46. The summed E-state index contributed by atoms with van der Waals surface area (Å²) < 4.78 is 5.21. The highest BCUT2D eigenvalue weighted by Gasteiger charge is 2.24. The number of carbonyl (C=O) groups is 2. The van der Waals surface area contributed by atoms with Crippen molar-refractivity contribution < 1.29 is 14.3 Å². The maximum Gasteiger partial charge on any atom is 0.410 e. The van der Waals surface area contributed by atoms with Gasteiger partial charge in [0.25, 0.3) is 5.91 Å². The third-order valence-electron chi connectivity index (χ3n) is 4.82. The number of carbonyl (C=O) groups excluding carboxylic acids is 2. The van der Waals surface area contributed by atoms with E-state index in [1.54, 1.807) is 17.0 Å². The van der Waals surface area contributed by atoms with E-state index in [1.165, 1.54) is 19.3 Å². The number of rotatable bonds is 2. The van der Waals surface area contributed by atoms with Gasteiger partial charge in [-0.25, -0.2) is 4.79 Å². The van der Waals surface area contributed by atoms with E-state index in [1.807, 2.05) is 32.9 Å². The Balaban J connectivity index is 0.000000209. The second kappa shape index (κ2) is 10.7. The average Bonchev–Trinajstić information content (AvgIpc) is 3.17. The molecule has 0 radical (unpaired) electrons. The van der Waals surface area contributed by atoms with E-state index in [-0.39, 0.29) is 17.6 Å². The number of nitrogens with zero attached hydrogens (tertiary/aromatic N) is 1. The predicted octanol–water partition coefficient (Wildman–Crippen LogP) is 5.42. The smallest absolute Gasteiger partial charge is 0.410 e. The zero-order chi connectivity index (χ0) is 20.6. The van der Waals surface area contributed by atoms with E-state index in [4.69, 9.17) is 16.3 Å². The summed E-state index contributed by atoms with van der Waals surface area (Å²) in [6.45, 7) is 7.38. The third kappa shape index (κ3) is 7.70. The van der Waals surface area contributed by atoms with Gasteiger partial charge in [-0.2, -0.15) is 0 Å². The topological polar surface area (TPSA) is 58.6 Å². The third-order valence-corrected chi connectivity index (χ3v) is 5.15. The molecule has 6 heteroatoms. The molecule has 1 N–H and O–H groups in total. The molecule has 0 bridgehead atoms. The van der Waals surface area contributed by atoms with Crippen molar-refractivity contribution in [2.45, 2.75) is 77.4 Å². The molecule has 0 atom stereocenters. The number of hydrogen-bond donors (Lipinski definition) is 1. The molecule has 5 nitrogen and oxygen atoms in total. The summed E-state index contributed by atoms with van der Waals surface area (Å²) in [7, 11) is 0. The van der Waals surface area contributed by atoms with Gasteiger partial charge in [0.15, 0.2) is 0 Å². The van der Waals surface area contributed by atoms with Crippen LogP contribution >= 0.6 is 11.6 Å². The minimum absolute atomic E-state index is 0.0440. The normalized spacial score (nSPS) is 17.5. The van der Waals surface area contributed by atoms with Crippen molar-refractivity contribution in [3.05, 3.63) is 34.9 Å². The van der Waals surface area contributed by atoms with Crippen LogP contribution in [0.4, 0.5) is 4.79 Å². The summed E-state index contributed by atoms with van der Waals surface area (Å²) in [5.41, 5.74) is 0.217. The number of hydrogen-bond acceptors (Lipinski definition) is 3. The first-order chi connectivity index (χ1) is 13.3. The van der Waals surface area contributed by atoms with Gasteiger partial charge in [-0.3, -0.25) is 4.79 Å². The van der Waals surface area contributed by atoms with Crippen LogP contribution < -0.4 is 5.32 Å². The van der Waals surface area contributed by atoms with Crippen molar-refractivity contribution in [1.29, 1.82) is 0 Å². The molecule has 2 aliphatic rings. The Labute approximate surface area is 173 Å². The van der Waals surface area contributed by atoms with Crippen LogP contribution in [0.25, 0.3) is 0 Å². The van der Waals surface area contributed by atoms with Crippen LogP contribution in [0.2, 0.25) is 5.02 Å². The molecule has 1 aromatic rings. The molecule has 0 spiro atoms. The van der Waals surface area contributed by atoms with E-state index in [2.05, 4.69) is 5.32 Å². The minimum Gasteiger partial charge on any atom is -0.444 e. The van der Waals surface area contributed by atoms with Crippen molar-refractivity contribution >= 4 is 23.6 Å². The first kappa shape index (κ1) is 22.5. The van der Waals surface area contributed by atoms with Crippen molar-refractivity contribution in [3.8, 4) is 0 Å². The molecule has 1 aromatic carbocycles. The summed E-state index contributed by atoms with van der Waals surface area (Å²) in [4.78, 5) is 25.1. The Morgan fingerprint density at radius 1 is 1.04 bits per heavy atom. The Morgan fingerprint density at radius 3 is 2.21 bits per heavy atom.